The Labute approximate surface area is 74.2 Å². The third kappa shape index (κ3) is 1.22. The van der Waals surface area contributed by atoms with Crippen molar-refractivity contribution in [1.82, 2.24) is 0 Å². The van der Waals surface area contributed by atoms with Crippen molar-refractivity contribution in [2.75, 3.05) is 6.61 Å². The molecule has 0 N–H and O–H groups in total. The van der Waals surface area contributed by atoms with Gasteiger partial charge in [0.15, 0.2) is 6.08 Å². The fourth-order valence-electron chi connectivity index (χ4n) is 1.23. The minimum Gasteiger partial charge on any atom is -0.476 e. The molecule has 0 aliphatic carbocycles. The first-order valence-electron chi connectivity index (χ1n) is 4.70. The van der Waals surface area contributed by atoms with E-state index in [-0.39, 0.29) is 5.54 Å². The molecule has 0 saturated carbocycles. The molecule has 2 aliphatic rings. The molecule has 0 spiro atoms. The van der Waals surface area contributed by atoms with Crippen LogP contribution in [0.25, 0.3) is 0 Å². The number of hydrogen-bond donors (Lipinski definition) is 0. The molecular formula is C9H15NO2. The third-order valence-corrected chi connectivity index (χ3v) is 2.02. The van der Waals surface area contributed by atoms with Gasteiger partial charge in [-0.15, -0.1) is 0 Å². The molecule has 1 unspecified atom stereocenters. The lowest BCUT2D eigenvalue weighted by atomic mass is 10.1. The average molecular weight is 170 g/mol. The summed E-state index contributed by atoms with van der Waals surface area (Å²) < 4.78 is 18.6. The Bertz CT molecular complexity index is 285. The van der Waals surface area contributed by atoms with E-state index in [0.29, 0.717) is 12.5 Å². The normalized spacial score (nSPS) is 43.0. The Morgan fingerprint density at radius 1 is 1.50 bits per heavy atom. The van der Waals surface area contributed by atoms with Crippen molar-refractivity contribution in [3.63, 3.8) is 0 Å². The molecule has 0 amide bonds. The van der Waals surface area contributed by atoms with Gasteiger partial charge >= 0.3 is 0 Å². The molecule has 3 heteroatoms. The molecule has 2 aliphatic heterocycles. The standard InChI is InChI=1S/C9H15NO2/c1-8(2)5-11-7(10-8)6-9(3,4)12-6/h6H,5H2,1-4H3/i6D. The van der Waals surface area contributed by atoms with E-state index in [1.165, 1.54) is 0 Å². The summed E-state index contributed by atoms with van der Waals surface area (Å²) in [5, 5.41) is 0. The van der Waals surface area contributed by atoms with Gasteiger partial charge in [-0.05, 0) is 27.7 Å². The van der Waals surface area contributed by atoms with Gasteiger partial charge in [-0.1, -0.05) is 0 Å². The van der Waals surface area contributed by atoms with Crippen LogP contribution in [0.2, 0.25) is 0 Å². The van der Waals surface area contributed by atoms with Crippen LogP contribution < -0.4 is 0 Å². The summed E-state index contributed by atoms with van der Waals surface area (Å²) in [6.45, 7) is 8.26. The van der Waals surface area contributed by atoms with Crippen LogP contribution in [0.4, 0.5) is 0 Å². The van der Waals surface area contributed by atoms with E-state index in [4.69, 9.17) is 10.8 Å². The van der Waals surface area contributed by atoms with E-state index < -0.39 is 11.7 Å². The zero-order valence-corrected chi connectivity index (χ0v) is 7.97. The van der Waals surface area contributed by atoms with E-state index in [1.807, 2.05) is 27.7 Å². The topological polar surface area (TPSA) is 34.1 Å². The first-order chi connectivity index (χ1) is 5.77. The maximum absolute atomic E-state index is 7.94. The second-order valence-electron chi connectivity index (χ2n) is 4.46. The summed E-state index contributed by atoms with van der Waals surface area (Å²) in [7, 11) is 0. The molecule has 0 radical (unpaired) electrons. The number of aliphatic imine (C=N–C) groups is 1. The Balaban J connectivity index is 2.22. The van der Waals surface area contributed by atoms with E-state index in [0.717, 1.165) is 0 Å². The quantitative estimate of drug-likeness (QED) is 0.557. The smallest absolute Gasteiger partial charge is 0.217 e. The van der Waals surface area contributed by atoms with Crippen LogP contribution in [0.1, 0.15) is 29.1 Å². The number of rotatable bonds is 1. The van der Waals surface area contributed by atoms with Gasteiger partial charge in [-0.25, -0.2) is 4.99 Å². The average Bonchev–Trinajstić information content (AvgIpc) is 2.36. The molecule has 1 fully saturated rings. The third-order valence-electron chi connectivity index (χ3n) is 2.02. The molecule has 0 aromatic heterocycles. The van der Waals surface area contributed by atoms with E-state index in [2.05, 4.69) is 4.99 Å². The fraction of sp³-hybridized carbons (Fsp3) is 0.889. The SMILES string of the molecule is [2H]C1(C2=NC(C)(C)CO2)OC1(C)C. The van der Waals surface area contributed by atoms with Crippen LogP contribution in [0.5, 0.6) is 0 Å². The maximum atomic E-state index is 7.94. The lowest BCUT2D eigenvalue weighted by Gasteiger charge is -2.07. The van der Waals surface area contributed by atoms with Crippen LogP contribution >= 0.6 is 0 Å². The van der Waals surface area contributed by atoms with Crippen LogP contribution in [0.3, 0.4) is 0 Å². The molecule has 0 aromatic carbocycles. The van der Waals surface area contributed by atoms with Crippen molar-refractivity contribution in [3.8, 4) is 0 Å². The molecule has 1 saturated heterocycles. The summed E-state index contributed by atoms with van der Waals surface area (Å²) in [5.74, 6) is 0.433. The van der Waals surface area contributed by atoms with E-state index >= 15 is 0 Å². The predicted molar refractivity (Wildman–Crippen MR) is 46.4 cm³/mol. The lowest BCUT2D eigenvalue weighted by molar-refractivity contribution is 0.265. The molecule has 3 nitrogen and oxygen atoms in total. The summed E-state index contributed by atoms with van der Waals surface area (Å²) in [6, 6.07) is 0. The van der Waals surface area contributed by atoms with E-state index in [9.17, 15) is 0 Å². The van der Waals surface area contributed by atoms with Crippen molar-refractivity contribution in [2.45, 2.75) is 44.9 Å². The van der Waals surface area contributed by atoms with Crippen molar-refractivity contribution in [3.05, 3.63) is 0 Å². The Hall–Kier alpha value is -0.570. The van der Waals surface area contributed by atoms with Gasteiger partial charge in [-0.2, -0.15) is 0 Å². The first kappa shape index (κ1) is 6.89. The van der Waals surface area contributed by atoms with Gasteiger partial charge in [0.25, 0.3) is 0 Å². The van der Waals surface area contributed by atoms with Crippen LogP contribution in [-0.2, 0) is 9.47 Å². The van der Waals surface area contributed by atoms with E-state index in [1.54, 1.807) is 0 Å². The first-order valence-corrected chi connectivity index (χ1v) is 4.20. The maximum Gasteiger partial charge on any atom is 0.217 e. The molecule has 2 rings (SSSR count). The molecular weight excluding hydrogens is 154 g/mol. The zero-order valence-electron chi connectivity index (χ0n) is 8.97. The highest BCUT2D eigenvalue weighted by Crippen LogP contribution is 2.38. The van der Waals surface area contributed by atoms with Crippen molar-refractivity contribution < 1.29 is 10.8 Å². The molecule has 2 heterocycles. The number of nitrogens with zero attached hydrogens (tertiary/aromatic N) is 1. The summed E-state index contributed by atoms with van der Waals surface area (Å²) in [5.41, 5.74) is -0.655. The van der Waals surface area contributed by atoms with Crippen LogP contribution in [0.15, 0.2) is 4.99 Å². The number of hydrogen-bond acceptors (Lipinski definition) is 3. The second kappa shape index (κ2) is 2.02. The van der Waals surface area contributed by atoms with Gasteiger partial charge in [0.05, 0.1) is 12.5 Å². The van der Waals surface area contributed by atoms with Crippen LogP contribution in [-0.4, -0.2) is 29.7 Å². The van der Waals surface area contributed by atoms with Crippen molar-refractivity contribution in [2.24, 2.45) is 4.99 Å². The number of ether oxygens (including phenoxy) is 2. The van der Waals surface area contributed by atoms with Crippen molar-refractivity contribution in [1.29, 1.82) is 0 Å². The zero-order chi connectivity index (χ0) is 9.91. The Morgan fingerprint density at radius 3 is 2.42 bits per heavy atom. The monoisotopic (exact) mass is 170 g/mol. The molecule has 68 valence electrons. The Morgan fingerprint density at radius 2 is 2.08 bits per heavy atom. The van der Waals surface area contributed by atoms with Crippen molar-refractivity contribution >= 4 is 5.90 Å². The largest absolute Gasteiger partial charge is 0.476 e. The number of epoxide rings is 1. The molecule has 0 bridgehead atoms. The molecule has 0 aromatic rings. The van der Waals surface area contributed by atoms with Gasteiger partial charge < -0.3 is 9.47 Å². The lowest BCUT2D eigenvalue weighted by Crippen LogP contribution is -2.17. The van der Waals surface area contributed by atoms with Gasteiger partial charge in [0.1, 0.15) is 6.61 Å². The highest BCUT2D eigenvalue weighted by Gasteiger charge is 2.54. The Kier molecular flexibility index (Phi) is 1.16. The molecule has 1 atom stereocenters. The summed E-state index contributed by atoms with van der Waals surface area (Å²) in [4.78, 5) is 4.33. The van der Waals surface area contributed by atoms with Gasteiger partial charge in [0, 0.05) is 0 Å². The summed E-state index contributed by atoms with van der Waals surface area (Å²) >= 11 is 0. The second-order valence-corrected chi connectivity index (χ2v) is 4.46. The van der Waals surface area contributed by atoms with Gasteiger partial charge in [0.2, 0.25) is 5.90 Å². The van der Waals surface area contributed by atoms with Crippen LogP contribution in [0, 0.1) is 0 Å². The minimum absolute atomic E-state index is 0.203. The highest BCUT2D eigenvalue weighted by molar-refractivity contribution is 5.86. The summed E-state index contributed by atoms with van der Waals surface area (Å²) in [6.07, 6.45) is -1.04. The fourth-order valence-corrected chi connectivity index (χ4v) is 1.23. The van der Waals surface area contributed by atoms with Gasteiger partial charge in [-0.3, -0.25) is 0 Å². The minimum atomic E-state index is -1.04. The highest BCUT2D eigenvalue weighted by atomic mass is 16.6. The molecule has 12 heavy (non-hydrogen) atoms. The predicted octanol–water partition coefficient (Wildman–Crippen LogP) is 1.37.